The van der Waals surface area contributed by atoms with E-state index in [1.807, 2.05) is 18.2 Å². The number of aryl methyl sites for hydroxylation is 1. The Balaban J connectivity index is 1.87. The molecule has 0 aliphatic heterocycles. The maximum atomic E-state index is 8.20. The van der Waals surface area contributed by atoms with Gasteiger partial charge in [-0.1, -0.05) is 18.2 Å². The average molecular weight is 319 g/mol. The fourth-order valence-corrected chi connectivity index (χ4v) is 3.94. The van der Waals surface area contributed by atoms with E-state index >= 15 is 0 Å². The van der Waals surface area contributed by atoms with E-state index in [0.717, 1.165) is 26.4 Å². The Labute approximate surface area is 142 Å². The number of hydrogen-bond acceptors (Lipinski definition) is 3. The SMILES string of the molecule is [2H]c1nc(-c2cccc3c2oc2cc4sc(C)cc4cc23)c([2H])c([2H])c1[2H]. The fraction of sp³-hybridized carbons (Fsp3) is 0.0500. The van der Waals surface area contributed by atoms with E-state index in [4.69, 9.17) is 9.90 Å². The number of fused-ring (bicyclic) bond motifs is 4. The van der Waals surface area contributed by atoms with Crippen molar-refractivity contribution in [2.24, 2.45) is 0 Å². The highest BCUT2D eigenvalue weighted by Gasteiger charge is 2.14. The summed E-state index contributed by atoms with van der Waals surface area (Å²) in [5.41, 5.74) is 2.10. The first-order valence-corrected chi connectivity index (χ1v) is 8.06. The Hall–Kier alpha value is -2.65. The Morgan fingerprint density at radius 2 is 2.09 bits per heavy atom. The van der Waals surface area contributed by atoms with Gasteiger partial charge in [0.05, 0.1) is 11.2 Å². The monoisotopic (exact) mass is 319 g/mol. The van der Waals surface area contributed by atoms with E-state index < -0.39 is 0 Å². The van der Waals surface area contributed by atoms with Crippen molar-refractivity contribution in [3.05, 3.63) is 65.6 Å². The minimum absolute atomic E-state index is 0.166. The van der Waals surface area contributed by atoms with Gasteiger partial charge in [0, 0.05) is 32.1 Å². The summed E-state index contributed by atoms with van der Waals surface area (Å²) in [4.78, 5) is 5.34. The van der Waals surface area contributed by atoms with Crippen LogP contribution in [0.15, 0.2) is 65.1 Å². The molecule has 0 amide bonds. The van der Waals surface area contributed by atoms with E-state index in [1.165, 1.54) is 4.88 Å². The lowest BCUT2D eigenvalue weighted by atomic mass is 10.1. The molecule has 0 spiro atoms. The Kier molecular flexibility index (Phi) is 1.93. The zero-order chi connectivity index (χ0) is 18.9. The van der Waals surface area contributed by atoms with Gasteiger partial charge in [0.15, 0.2) is 0 Å². The van der Waals surface area contributed by atoms with Crippen molar-refractivity contribution >= 4 is 43.4 Å². The Morgan fingerprint density at radius 1 is 1.13 bits per heavy atom. The highest BCUT2D eigenvalue weighted by molar-refractivity contribution is 7.19. The smallest absolute Gasteiger partial charge is 0.144 e. The number of furan rings is 1. The molecule has 5 aromatic rings. The van der Waals surface area contributed by atoms with Gasteiger partial charge in [-0.05, 0) is 48.7 Å². The second-order valence-corrected chi connectivity index (χ2v) is 6.76. The molecular weight excluding hydrogens is 302 g/mol. The van der Waals surface area contributed by atoms with Gasteiger partial charge in [0.25, 0.3) is 0 Å². The molecule has 3 heterocycles. The van der Waals surface area contributed by atoms with E-state index in [2.05, 4.69) is 24.0 Å². The molecule has 0 saturated heterocycles. The van der Waals surface area contributed by atoms with Gasteiger partial charge in [-0.3, -0.25) is 4.98 Å². The van der Waals surface area contributed by atoms with E-state index in [9.17, 15) is 0 Å². The van der Waals surface area contributed by atoms with Crippen LogP contribution in [0.2, 0.25) is 0 Å². The van der Waals surface area contributed by atoms with Crippen LogP contribution in [-0.4, -0.2) is 4.98 Å². The lowest BCUT2D eigenvalue weighted by Crippen LogP contribution is -1.81. The molecule has 0 aliphatic carbocycles. The van der Waals surface area contributed by atoms with Gasteiger partial charge in [-0.2, -0.15) is 0 Å². The molecule has 0 unspecified atom stereocenters. The molecule has 110 valence electrons. The zero-order valence-corrected chi connectivity index (χ0v) is 13.0. The van der Waals surface area contributed by atoms with Crippen LogP contribution < -0.4 is 0 Å². The molecule has 0 N–H and O–H groups in total. The third-order valence-corrected chi connectivity index (χ3v) is 4.99. The van der Waals surface area contributed by atoms with Crippen molar-refractivity contribution in [3.8, 4) is 11.3 Å². The minimum Gasteiger partial charge on any atom is -0.455 e. The van der Waals surface area contributed by atoms with Gasteiger partial charge >= 0.3 is 0 Å². The van der Waals surface area contributed by atoms with Crippen LogP contribution in [0.4, 0.5) is 0 Å². The highest BCUT2D eigenvalue weighted by Crippen LogP contribution is 2.38. The van der Waals surface area contributed by atoms with Crippen LogP contribution >= 0.6 is 11.3 Å². The number of thiophene rings is 1. The van der Waals surface area contributed by atoms with Crippen LogP contribution in [0.1, 0.15) is 10.4 Å². The molecule has 2 nitrogen and oxygen atoms in total. The summed E-state index contributed by atoms with van der Waals surface area (Å²) >= 11 is 1.71. The second kappa shape index (κ2) is 4.67. The topological polar surface area (TPSA) is 26.0 Å². The predicted molar refractivity (Wildman–Crippen MR) is 97.1 cm³/mol. The van der Waals surface area contributed by atoms with Crippen LogP contribution in [0.25, 0.3) is 43.3 Å². The van der Waals surface area contributed by atoms with Crippen molar-refractivity contribution in [2.75, 3.05) is 0 Å². The predicted octanol–water partition coefficient (Wildman–Crippen LogP) is 6.17. The molecule has 23 heavy (non-hydrogen) atoms. The van der Waals surface area contributed by atoms with Crippen molar-refractivity contribution in [3.63, 3.8) is 0 Å². The third-order valence-electron chi connectivity index (χ3n) is 3.98. The summed E-state index contributed by atoms with van der Waals surface area (Å²) in [5.74, 6) is 0. The standard InChI is InChI=1S/C20H13NOS/c1-12-9-13-10-16-14-5-4-6-15(17-7-2-3-8-21-17)20(14)22-18(16)11-19(13)23-12/h2-11H,1H3/i2D,3D,7D,8D. The van der Waals surface area contributed by atoms with Crippen molar-refractivity contribution < 1.29 is 9.90 Å². The highest BCUT2D eigenvalue weighted by atomic mass is 32.1. The maximum absolute atomic E-state index is 8.20. The number of hydrogen-bond donors (Lipinski definition) is 0. The quantitative estimate of drug-likeness (QED) is 0.369. The van der Waals surface area contributed by atoms with Crippen LogP contribution in [0.3, 0.4) is 0 Å². The van der Waals surface area contributed by atoms with E-state index in [0.29, 0.717) is 11.1 Å². The first-order valence-electron chi connectivity index (χ1n) is 9.24. The number of nitrogens with zero attached hydrogens (tertiary/aromatic N) is 1. The molecule has 0 aliphatic rings. The number of pyridine rings is 1. The normalized spacial score (nSPS) is 14.1. The van der Waals surface area contributed by atoms with Gasteiger partial charge in [-0.25, -0.2) is 0 Å². The lowest BCUT2D eigenvalue weighted by Gasteiger charge is -2.00. The number of rotatable bonds is 1. The Bertz CT molecular complexity index is 1390. The molecule has 0 fully saturated rings. The largest absolute Gasteiger partial charge is 0.455 e. The molecule has 0 bridgehead atoms. The molecule has 0 saturated carbocycles. The first-order chi connectivity index (χ1) is 12.9. The summed E-state index contributed by atoms with van der Waals surface area (Å²) in [6.45, 7) is 2.08. The molecule has 5 rings (SSSR count). The van der Waals surface area contributed by atoms with Crippen molar-refractivity contribution in [1.82, 2.24) is 4.98 Å². The van der Waals surface area contributed by atoms with Crippen LogP contribution in [-0.2, 0) is 0 Å². The van der Waals surface area contributed by atoms with E-state index in [-0.39, 0.29) is 30.0 Å². The summed E-state index contributed by atoms with van der Waals surface area (Å²) in [7, 11) is 0. The summed E-state index contributed by atoms with van der Waals surface area (Å²) in [5, 5.41) is 3.05. The summed E-state index contributed by atoms with van der Waals surface area (Å²) < 4.78 is 38.9. The van der Waals surface area contributed by atoms with Gasteiger partial charge < -0.3 is 4.42 Å². The summed E-state index contributed by atoms with van der Waals surface area (Å²) in [6.07, 6.45) is -0.310. The summed E-state index contributed by atoms with van der Waals surface area (Å²) in [6, 6.07) is 11.1. The van der Waals surface area contributed by atoms with Gasteiger partial charge in [0.2, 0.25) is 0 Å². The molecule has 3 aromatic heterocycles. The van der Waals surface area contributed by atoms with Gasteiger partial charge in [-0.15, -0.1) is 11.3 Å². The minimum atomic E-state index is -0.337. The van der Waals surface area contributed by atoms with Crippen molar-refractivity contribution in [1.29, 1.82) is 0 Å². The molecule has 0 radical (unpaired) electrons. The molecule has 2 aromatic carbocycles. The lowest BCUT2D eigenvalue weighted by molar-refractivity contribution is 0.670. The van der Waals surface area contributed by atoms with Crippen LogP contribution in [0.5, 0.6) is 0 Å². The van der Waals surface area contributed by atoms with Crippen molar-refractivity contribution in [2.45, 2.75) is 6.92 Å². The maximum Gasteiger partial charge on any atom is 0.144 e. The Morgan fingerprint density at radius 3 is 3.04 bits per heavy atom. The number of aromatic nitrogens is 1. The zero-order valence-electron chi connectivity index (χ0n) is 16.2. The van der Waals surface area contributed by atoms with Crippen LogP contribution in [0, 0.1) is 6.92 Å². The molecule has 3 heteroatoms. The van der Waals surface area contributed by atoms with E-state index in [1.54, 1.807) is 17.4 Å². The molecular formula is C20H13NOS. The van der Waals surface area contributed by atoms with Gasteiger partial charge in [0.1, 0.15) is 11.2 Å². The fourth-order valence-electron chi connectivity index (χ4n) is 3.01. The first kappa shape index (κ1) is 9.48. The third kappa shape index (κ3) is 1.90. The second-order valence-electron chi connectivity index (χ2n) is 5.47. The number of benzene rings is 2. The molecule has 0 atom stereocenters. The number of para-hydroxylation sites is 1. The average Bonchev–Trinajstić information content (AvgIpc) is 3.19.